The minimum absolute atomic E-state index is 0.0780. The Balaban J connectivity index is 2.45. The zero-order valence-corrected chi connectivity index (χ0v) is 11.8. The second-order valence-corrected chi connectivity index (χ2v) is 4.92. The summed E-state index contributed by atoms with van der Waals surface area (Å²) in [6, 6.07) is 8.97. The summed E-state index contributed by atoms with van der Waals surface area (Å²) in [5, 5.41) is 12.0. The summed E-state index contributed by atoms with van der Waals surface area (Å²) in [5.41, 5.74) is 6.97. The fraction of sp³-hybridized carbons (Fsp3) is 0. The van der Waals surface area contributed by atoms with Gasteiger partial charge in [-0.3, -0.25) is 0 Å². The maximum absolute atomic E-state index is 13.4. The van der Waals surface area contributed by atoms with Crippen LogP contribution in [0.1, 0.15) is 10.4 Å². The van der Waals surface area contributed by atoms with Crippen molar-refractivity contribution in [3.8, 4) is 0 Å². The second kappa shape index (κ2) is 5.43. The molecule has 0 unspecified atom stereocenters. The van der Waals surface area contributed by atoms with Gasteiger partial charge in [-0.15, -0.1) is 0 Å². The molecule has 0 aliphatic heterocycles. The summed E-state index contributed by atoms with van der Waals surface area (Å²) in [4.78, 5) is 11.1. The number of hydrogen-bond acceptors (Lipinski definition) is 3. The molecule has 4 N–H and O–H groups in total. The van der Waals surface area contributed by atoms with E-state index in [0.717, 1.165) is 0 Å². The smallest absolute Gasteiger partial charge is 0.337 e. The number of anilines is 3. The first kappa shape index (κ1) is 13.6. The largest absolute Gasteiger partial charge is 0.478 e. The number of nitrogen functional groups attached to an aromatic ring is 1. The van der Waals surface area contributed by atoms with Gasteiger partial charge in [0.15, 0.2) is 0 Å². The Kier molecular flexibility index (Phi) is 3.89. The molecule has 2 aromatic carbocycles. The molecule has 0 radical (unpaired) electrons. The summed E-state index contributed by atoms with van der Waals surface area (Å²) >= 11 is 1.85. The second-order valence-electron chi connectivity index (χ2n) is 3.84. The third kappa shape index (κ3) is 2.95. The lowest BCUT2D eigenvalue weighted by Gasteiger charge is -2.12. The predicted molar refractivity (Wildman–Crippen MR) is 80.2 cm³/mol. The first-order valence-corrected chi connectivity index (χ1v) is 6.41. The van der Waals surface area contributed by atoms with Crippen molar-refractivity contribution in [3.05, 3.63) is 51.3 Å². The molecule has 0 amide bonds. The van der Waals surface area contributed by atoms with E-state index in [4.69, 9.17) is 10.8 Å². The molecular weight excluding hydrogens is 362 g/mol. The van der Waals surface area contributed by atoms with Crippen LogP contribution >= 0.6 is 22.6 Å². The Morgan fingerprint density at radius 2 is 2.00 bits per heavy atom. The molecule has 0 atom stereocenters. The quantitative estimate of drug-likeness (QED) is 0.570. The van der Waals surface area contributed by atoms with Gasteiger partial charge >= 0.3 is 5.97 Å². The van der Waals surface area contributed by atoms with E-state index >= 15 is 0 Å². The first-order chi connectivity index (χ1) is 8.99. The van der Waals surface area contributed by atoms with Crippen molar-refractivity contribution in [2.24, 2.45) is 0 Å². The van der Waals surface area contributed by atoms with Crippen LogP contribution in [-0.2, 0) is 0 Å². The van der Waals surface area contributed by atoms with Crippen molar-refractivity contribution in [1.82, 2.24) is 0 Å². The molecule has 98 valence electrons. The van der Waals surface area contributed by atoms with Crippen LogP contribution < -0.4 is 11.1 Å². The molecule has 19 heavy (non-hydrogen) atoms. The van der Waals surface area contributed by atoms with E-state index in [1.165, 1.54) is 24.3 Å². The number of nitrogens with two attached hydrogens (primary N) is 1. The van der Waals surface area contributed by atoms with Gasteiger partial charge in [0.1, 0.15) is 5.82 Å². The van der Waals surface area contributed by atoms with Gasteiger partial charge in [0.25, 0.3) is 0 Å². The third-order valence-electron chi connectivity index (χ3n) is 2.49. The average Bonchev–Trinajstić information content (AvgIpc) is 2.35. The van der Waals surface area contributed by atoms with Gasteiger partial charge in [-0.25, -0.2) is 9.18 Å². The maximum atomic E-state index is 13.4. The lowest BCUT2D eigenvalue weighted by atomic mass is 10.1. The predicted octanol–water partition coefficient (Wildman–Crippen LogP) is 3.45. The topological polar surface area (TPSA) is 75.4 Å². The maximum Gasteiger partial charge on any atom is 0.337 e. The summed E-state index contributed by atoms with van der Waals surface area (Å²) in [7, 11) is 0. The van der Waals surface area contributed by atoms with Crippen LogP contribution in [0.3, 0.4) is 0 Å². The molecule has 0 aromatic heterocycles. The zero-order chi connectivity index (χ0) is 14.0. The lowest BCUT2D eigenvalue weighted by molar-refractivity contribution is 0.0698. The van der Waals surface area contributed by atoms with Crippen LogP contribution in [0.2, 0.25) is 0 Å². The molecule has 0 heterocycles. The van der Waals surface area contributed by atoms with Gasteiger partial charge in [-0.2, -0.15) is 0 Å². The number of benzene rings is 2. The minimum atomic E-state index is -1.08. The van der Waals surface area contributed by atoms with E-state index in [2.05, 4.69) is 5.32 Å². The fourth-order valence-electron chi connectivity index (χ4n) is 1.60. The van der Waals surface area contributed by atoms with Crippen LogP contribution in [0.15, 0.2) is 36.4 Å². The van der Waals surface area contributed by atoms with Crippen molar-refractivity contribution < 1.29 is 14.3 Å². The van der Waals surface area contributed by atoms with E-state index in [-0.39, 0.29) is 11.4 Å². The average molecular weight is 372 g/mol. The van der Waals surface area contributed by atoms with Crippen LogP contribution in [0, 0.1) is 9.39 Å². The molecule has 4 nitrogen and oxygen atoms in total. The highest BCUT2D eigenvalue weighted by Crippen LogP contribution is 2.28. The molecule has 0 saturated carbocycles. The zero-order valence-electron chi connectivity index (χ0n) is 9.65. The highest BCUT2D eigenvalue weighted by molar-refractivity contribution is 14.1. The van der Waals surface area contributed by atoms with Gasteiger partial charge in [-0.1, -0.05) is 6.07 Å². The molecule has 2 rings (SSSR count). The normalized spacial score (nSPS) is 10.2. The van der Waals surface area contributed by atoms with Gasteiger partial charge < -0.3 is 16.2 Å². The van der Waals surface area contributed by atoms with Crippen LogP contribution in [0.5, 0.6) is 0 Å². The van der Waals surface area contributed by atoms with Crippen molar-refractivity contribution >= 4 is 45.6 Å². The monoisotopic (exact) mass is 372 g/mol. The number of halogens is 2. The first-order valence-electron chi connectivity index (χ1n) is 5.33. The molecule has 0 aliphatic carbocycles. The van der Waals surface area contributed by atoms with Gasteiger partial charge in [0.05, 0.1) is 20.5 Å². The number of aromatic carboxylic acids is 1. The summed E-state index contributed by atoms with van der Waals surface area (Å²) in [6.45, 7) is 0. The van der Waals surface area contributed by atoms with Gasteiger partial charge in [-0.05, 0) is 52.9 Å². The van der Waals surface area contributed by atoms with Crippen molar-refractivity contribution in [2.75, 3.05) is 11.1 Å². The Hall–Kier alpha value is -1.83. The van der Waals surface area contributed by atoms with Crippen molar-refractivity contribution in [3.63, 3.8) is 0 Å². The number of carbonyl (C=O) groups is 1. The molecule has 0 saturated heterocycles. The van der Waals surface area contributed by atoms with Crippen LogP contribution in [-0.4, -0.2) is 11.1 Å². The minimum Gasteiger partial charge on any atom is -0.478 e. The lowest BCUT2D eigenvalue weighted by Crippen LogP contribution is -2.04. The van der Waals surface area contributed by atoms with Crippen LogP contribution in [0.4, 0.5) is 21.5 Å². The molecule has 0 spiro atoms. The highest BCUT2D eigenvalue weighted by Gasteiger charge is 2.12. The fourth-order valence-corrected chi connectivity index (χ4v) is 2.09. The SMILES string of the molecule is Nc1ccc(C(=O)O)c(Nc2cccc(F)c2I)c1. The third-order valence-corrected chi connectivity index (χ3v) is 3.59. The summed E-state index contributed by atoms with van der Waals surface area (Å²) in [6.07, 6.45) is 0. The van der Waals surface area contributed by atoms with Gasteiger partial charge in [0, 0.05) is 5.69 Å². The van der Waals surface area contributed by atoms with E-state index < -0.39 is 5.97 Å². The van der Waals surface area contributed by atoms with E-state index in [1.54, 1.807) is 12.1 Å². The molecule has 6 heteroatoms. The number of nitrogens with one attached hydrogen (secondary N) is 1. The van der Waals surface area contributed by atoms with E-state index in [9.17, 15) is 9.18 Å². The summed E-state index contributed by atoms with van der Waals surface area (Å²) in [5.74, 6) is -1.44. The number of carboxylic acid groups (broad SMARTS) is 1. The standard InChI is InChI=1S/C13H10FIN2O2/c14-9-2-1-3-10(12(9)15)17-11-6-7(16)4-5-8(11)13(18)19/h1-6,17H,16H2,(H,18,19). The van der Waals surface area contributed by atoms with Crippen molar-refractivity contribution in [2.45, 2.75) is 0 Å². The number of rotatable bonds is 3. The van der Waals surface area contributed by atoms with Gasteiger partial charge in [0.2, 0.25) is 0 Å². The summed E-state index contributed by atoms with van der Waals surface area (Å²) < 4.78 is 13.8. The molecule has 0 aliphatic rings. The highest BCUT2D eigenvalue weighted by atomic mass is 127. The Labute approximate surface area is 122 Å². The molecular formula is C13H10FIN2O2. The molecule has 0 fully saturated rings. The molecule has 0 bridgehead atoms. The van der Waals surface area contributed by atoms with Crippen molar-refractivity contribution in [1.29, 1.82) is 0 Å². The molecule has 2 aromatic rings. The number of hydrogen-bond donors (Lipinski definition) is 3. The Morgan fingerprint density at radius 3 is 2.68 bits per heavy atom. The van der Waals surface area contributed by atoms with E-state index in [0.29, 0.717) is 20.6 Å². The Bertz CT molecular complexity index is 647. The van der Waals surface area contributed by atoms with E-state index in [1.807, 2.05) is 22.6 Å². The van der Waals surface area contributed by atoms with Crippen LogP contribution in [0.25, 0.3) is 0 Å². The Morgan fingerprint density at radius 1 is 1.26 bits per heavy atom. The number of carboxylic acids is 1.